The van der Waals surface area contributed by atoms with Crippen molar-refractivity contribution in [3.63, 3.8) is 0 Å². The van der Waals surface area contributed by atoms with Crippen LogP contribution in [-0.2, 0) is 6.42 Å². The van der Waals surface area contributed by atoms with E-state index in [0.29, 0.717) is 12.1 Å². The maximum atomic E-state index is 6.23. The summed E-state index contributed by atoms with van der Waals surface area (Å²) in [4.78, 5) is 1.52. The summed E-state index contributed by atoms with van der Waals surface area (Å²) in [6.45, 7) is 4.77. The van der Waals surface area contributed by atoms with E-state index in [2.05, 4.69) is 25.2 Å². The molecule has 0 aliphatic heterocycles. The van der Waals surface area contributed by atoms with Crippen LogP contribution in [0.15, 0.2) is 6.07 Å². The average molecular weight is 312 g/mol. The number of thiophene rings is 1. The highest BCUT2D eigenvalue weighted by molar-refractivity contribution is 7.16. The van der Waals surface area contributed by atoms with Crippen LogP contribution in [0.25, 0.3) is 0 Å². The van der Waals surface area contributed by atoms with Gasteiger partial charge in [-0.05, 0) is 55.6 Å². The summed E-state index contributed by atoms with van der Waals surface area (Å²) in [5.41, 5.74) is 1.50. The van der Waals surface area contributed by atoms with Crippen LogP contribution in [0.1, 0.15) is 68.9 Å². The van der Waals surface area contributed by atoms with Crippen molar-refractivity contribution in [2.75, 3.05) is 0 Å². The average Bonchev–Trinajstić information content (AvgIpc) is 2.80. The summed E-state index contributed by atoms with van der Waals surface area (Å²) in [5.74, 6) is 1.64. The molecule has 2 aliphatic rings. The van der Waals surface area contributed by atoms with Crippen molar-refractivity contribution >= 4 is 22.9 Å². The van der Waals surface area contributed by atoms with E-state index in [1.54, 1.807) is 11.3 Å². The minimum atomic E-state index is 0.548. The van der Waals surface area contributed by atoms with Crippen molar-refractivity contribution in [3.05, 3.63) is 20.8 Å². The number of aryl methyl sites for hydroxylation is 1. The fourth-order valence-electron chi connectivity index (χ4n) is 4.12. The lowest BCUT2D eigenvalue weighted by Crippen LogP contribution is -2.43. The molecule has 3 unspecified atom stereocenters. The molecule has 20 heavy (non-hydrogen) atoms. The van der Waals surface area contributed by atoms with Crippen LogP contribution < -0.4 is 5.32 Å². The van der Waals surface area contributed by atoms with Crippen molar-refractivity contribution < 1.29 is 0 Å². The van der Waals surface area contributed by atoms with Gasteiger partial charge in [0.15, 0.2) is 0 Å². The van der Waals surface area contributed by atoms with Crippen LogP contribution in [0, 0.1) is 11.8 Å². The van der Waals surface area contributed by atoms with Crippen molar-refractivity contribution in [2.45, 2.75) is 70.9 Å². The van der Waals surface area contributed by atoms with Gasteiger partial charge in [-0.25, -0.2) is 0 Å². The van der Waals surface area contributed by atoms with Crippen molar-refractivity contribution in [1.29, 1.82) is 0 Å². The molecule has 1 aromatic rings. The van der Waals surface area contributed by atoms with Gasteiger partial charge < -0.3 is 5.32 Å². The summed E-state index contributed by atoms with van der Waals surface area (Å²) in [6, 6.07) is 3.47. The van der Waals surface area contributed by atoms with Crippen molar-refractivity contribution in [1.82, 2.24) is 5.32 Å². The zero-order valence-corrected chi connectivity index (χ0v) is 14.2. The number of hydrogen-bond acceptors (Lipinski definition) is 2. The molecule has 0 spiro atoms. The molecule has 0 bridgehead atoms. The van der Waals surface area contributed by atoms with Gasteiger partial charge in [0.1, 0.15) is 0 Å². The van der Waals surface area contributed by atoms with Gasteiger partial charge in [-0.3, -0.25) is 0 Å². The first kappa shape index (κ1) is 14.9. The molecule has 0 saturated heterocycles. The van der Waals surface area contributed by atoms with Gasteiger partial charge in [0, 0.05) is 17.0 Å². The number of hydrogen-bond donors (Lipinski definition) is 1. The van der Waals surface area contributed by atoms with E-state index >= 15 is 0 Å². The Kier molecular flexibility index (Phi) is 4.74. The molecule has 0 radical (unpaired) electrons. The number of halogens is 1. The van der Waals surface area contributed by atoms with Gasteiger partial charge in [0.25, 0.3) is 0 Å². The molecule has 1 nitrogen and oxygen atoms in total. The molecule has 1 fully saturated rings. The fourth-order valence-corrected chi connectivity index (χ4v) is 5.50. The van der Waals surface area contributed by atoms with E-state index in [0.717, 1.165) is 16.2 Å². The van der Waals surface area contributed by atoms with Gasteiger partial charge in [-0.2, -0.15) is 0 Å². The van der Waals surface area contributed by atoms with Crippen LogP contribution in [0.2, 0.25) is 4.34 Å². The van der Waals surface area contributed by atoms with Crippen molar-refractivity contribution in [3.8, 4) is 0 Å². The minimum absolute atomic E-state index is 0.548. The Morgan fingerprint density at radius 3 is 2.80 bits per heavy atom. The predicted octanol–water partition coefficient (Wildman–Crippen LogP) is 5.58. The summed E-state index contributed by atoms with van der Waals surface area (Å²) in [7, 11) is 0. The SMILES string of the molecule is CC(C)C1CCCCC1NC1CCCc2sc(Cl)cc21. The lowest BCUT2D eigenvalue weighted by atomic mass is 9.77. The Balaban J connectivity index is 1.74. The van der Waals surface area contributed by atoms with Gasteiger partial charge in [-0.1, -0.05) is 38.3 Å². The molecular formula is C17H26ClNS. The Morgan fingerprint density at radius 1 is 1.20 bits per heavy atom. The largest absolute Gasteiger partial charge is 0.307 e. The standard InChI is InChI=1S/C17H26ClNS/c1-11(2)12-6-3-4-7-14(12)19-15-8-5-9-16-13(15)10-17(18)20-16/h10-12,14-15,19H,3-9H2,1-2H3. The van der Waals surface area contributed by atoms with Crippen LogP contribution in [-0.4, -0.2) is 6.04 Å². The van der Waals surface area contributed by atoms with E-state index in [-0.39, 0.29) is 0 Å². The summed E-state index contributed by atoms with van der Waals surface area (Å²) in [5, 5.41) is 4.01. The highest BCUT2D eigenvalue weighted by Gasteiger charge is 2.31. The normalized spacial score (nSPS) is 30.5. The van der Waals surface area contributed by atoms with Crippen molar-refractivity contribution in [2.24, 2.45) is 11.8 Å². The third kappa shape index (κ3) is 3.08. The molecule has 0 amide bonds. The summed E-state index contributed by atoms with van der Waals surface area (Å²) < 4.78 is 0.966. The lowest BCUT2D eigenvalue weighted by Gasteiger charge is -2.38. The van der Waals surface area contributed by atoms with Crippen LogP contribution in [0.4, 0.5) is 0 Å². The highest BCUT2D eigenvalue weighted by Crippen LogP contribution is 2.39. The minimum Gasteiger partial charge on any atom is -0.307 e. The molecule has 1 aromatic heterocycles. The van der Waals surface area contributed by atoms with Gasteiger partial charge in [0.2, 0.25) is 0 Å². The highest BCUT2D eigenvalue weighted by atomic mass is 35.5. The molecule has 1 heterocycles. The van der Waals surface area contributed by atoms with E-state index in [1.807, 2.05) is 0 Å². The predicted molar refractivity (Wildman–Crippen MR) is 88.7 cm³/mol. The van der Waals surface area contributed by atoms with E-state index in [1.165, 1.54) is 55.4 Å². The second-order valence-electron chi connectivity index (χ2n) is 6.84. The Bertz CT molecular complexity index is 454. The molecule has 0 aromatic carbocycles. The van der Waals surface area contributed by atoms with Crippen LogP contribution in [0.5, 0.6) is 0 Å². The molecule has 3 heteroatoms. The third-order valence-electron chi connectivity index (χ3n) is 5.17. The molecule has 1 saturated carbocycles. The number of nitrogens with one attached hydrogen (secondary N) is 1. The Morgan fingerprint density at radius 2 is 2.00 bits per heavy atom. The first-order valence-electron chi connectivity index (χ1n) is 8.19. The first-order valence-corrected chi connectivity index (χ1v) is 9.38. The van der Waals surface area contributed by atoms with Crippen LogP contribution in [0.3, 0.4) is 0 Å². The zero-order valence-electron chi connectivity index (χ0n) is 12.6. The number of rotatable bonds is 3. The topological polar surface area (TPSA) is 12.0 Å². The summed E-state index contributed by atoms with van der Waals surface area (Å²) in [6.07, 6.45) is 9.38. The maximum Gasteiger partial charge on any atom is 0.0934 e. The molecule has 3 rings (SSSR count). The molecule has 3 atom stereocenters. The van der Waals surface area contributed by atoms with Gasteiger partial charge in [-0.15, -0.1) is 11.3 Å². The fraction of sp³-hybridized carbons (Fsp3) is 0.765. The monoisotopic (exact) mass is 311 g/mol. The Labute approximate surface area is 132 Å². The van der Waals surface area contributed by atoms with Gasteiger partial charge >= 0.3 is 0 Å². The molecular weight excluding hydrogens is 286 g/mol. The van der Waals surface area contributed by atoms with E-state index in [4.69, 9.17) is 11.6 Å². The summed E-state index contributed by atoms with van der Waals surface area (Å²) >= 11 is 8.02. The van der Waals surface area contributed by atoms with Crippen LogP contribution >= 0.6 is 22.9 Å². The molecule has 1 N–H and O–H groups in total. The number of fused-ring (bicyclic) bond motifs is 1. The lowest BCUT2D eigenvalue weighted by molar-refractivity contribution is 0.187. The smallest absolute Gasteiger partial charge is 0.0934 e. The molecule has 2 aliphatic carbocycles. The second kappa shape index (κ2) is 6.37. The van der Waals surface area contributed by atoms with E-state index < -0.39 is 0 Å². The van der Waals surface area contributed by atoms with Gasteiger partial charge in [0.05, 0.1) is 4.34 Å². The first-order chi connectivity index (χ1) is 9.65. The zero-order chi connectivity index (χ0) is 14.1. The second-order valence-corrected chi connectivity index (χ2v) is 8.61. The Hall–Kier alpha value is -0.0500. The third-order valence-corrected chi connectivity index (χ3v) is 6.51. The maximum absolute atomic E-state index is 6.23. The van der Waals surface area contributed by atoms with E-state index in [9.17, 15) is 0 Å². The molecule has 112 valence electrons. The quantitative estimate of drug-likeness (QED) is 0.768.